The van der Waals surface area contributed by atoms with Gasteiger partial charge in [-0.25, -0.2) is 0 Å². The molecule has 0 bridgehead atoms. The first-order valence-corrected chi connectivity index (χ1v) is 6.81. The lowest BCUT2D eigenvalue weighted by Gasteiger charge is -2.13. The summed E-state index contributed by atoms with van der Waals surface area (Å²) in [4.78, 5) is 11.3. The number of amides is 1. The minimum absolute atomic E-state index is 0.302. The number of carbonyl (C=O) groups excluding carboxylic acids is 1. The Kier molecular flexibility index (Phi) is 4.90. The molecule has 1 aromatic carbocycles. The summed E-state index contributed by atoms with van der Waals surface area (Å²) in [6, 6.07) is 9.78. The lowest BCUT2D eigenvalue weighted by molar-refractivity contribution is -0.120. The summed E-state index contributed by atoms with van der Waals surface area (Å²) >= 11 is 0. The highest BCUT2D eigenvalue weighted by atomic mass is 16.1. The van der Waals surface area contributed by atoms with E-state index in [0.29, 0.717) is 13.0 Å². The molecule has 1 atom stereocenters. The Hall–Kier alpha value is -2.14. The molecule has 1 amide bonds. The minimum atomic E-state index is -0.317. The van der Waals surface area contributed by atoms with Gasteiger partial charge in [-0.3, -0.25) is 9.48 Å². The Morgan fingerprint density at radius 2 is 2.10 bits per heavy atom. The molecule has 0 fully saturated rings. The fourth-order valence-electron chi connectivity index (χ4n) is 2.12. The average molecular weight is 272 g/mol. The highest BCUT2D eigenvalue weighted by Gasteiger charge is 2.13. The summed E-state index contributed by atoms with van der Waals surface area (Å²) in [6.45, 7) is 3.34. The smallest absolute Gasteiger partial charge is 0.234 e. The number of nitrogens with two attached hydrogens (primary N) is 1. The maximum absolute atomic E-state index is 11.3. The van der Waals surface area contributed by atoms with Crippen molar-refractivity contribution in [3.8, 4) is 11.1 Å². The van der Waals surface area contributed by atoms with Crippen LogP contribution >= 0.6 is 0 Å². The number of rotatable bonds is 7. The molecule has 1 heterocycles. The first-order valence-electron chi connectivity index (χ1n) is 6.81. The number of nitrogens with one attached hydrogen (secondary N) is 1. The van der Waals surface area contributed by atoms with Crippen molar-refractivity contribution in [2.45, 2.75) is 25.9 Å². The molecule has 0 radical (unpaired) electrons. The molecule has 2 rings (SSSR count). The number of carbonyl (C=O) groups is 1. The zero-order chi connectivity index (χ0) is 14.4. The summed E-state index contributed by atoms with van der Waals surface area (Å²) in [6.07, 6.45) is 4.46. The van der Waals surface area contributed by atoms with Gasteiger partial charge < -0.3 is 11.1 Å². The summed E-state index contributed by atoms with van der Waals surface area (Å²) in [5, 5.41) is 7.40. The van der Waals surface area contributed by atoms with Crippen molar-refractivity contribution in [1.29, 1.82) is 0 Å². The third kappa shape index (κ3) is 3.68. The van der Waals surface area contributed by atoms with Crippen LogP contribution in [0.25, 0.3) is 11.1 Å². The van der Waals surface area contributed by atoms with Gasteiger partial charge in [0.05, 0.1) is 12.2 Å². The van der Waals surface area contributed by atoms with E-state index in [1.807, 2.05) is 54.3 Å². The van der Waals surface area contributed by atoms with E-state index in [-0.39, 0.29) is 11.9 Å². The van der Waals surface area contributed by atoms with Crippen LogP contribution in [0.2, 0.25) is 0 Å². The number of nitrogens with zero attached hydrogens (tertiary/aromatic N) is 2. The number of aromatic nitrogens is 2. The third-order valence-electron chi connectivity index (χ3n) is 3.18. The second-order valence-electron chi connectivity index (χ2n) is 4.66. The summed E-state index contributed by atoms with van der Waals surface area (Å²) < 4.78 is 1.84. The van der Waals surface area contributed by atoms with Crippen molar-refractivity contribution < 1.29 is 4.79 Å². The second-order valence-corrected chi connectivity index (χ2v) is 4.66. The Morgan fingerprint density at radius 3 is 2.75 bits per heavy atom. The fourth-order valence-corrected chi connectivity index (χ4v) is 2.12. The Labute approximate surface area is 118 Å². The Bertz CT molecular complexity index is 550. The van der Waals surface area contributed by atoms with Gasteiger partial charge in [0.25, 0.3) is 0 Å². The standard InChI is InChI=1S/C15H20N4O/c1-2-17-14(15(16)20)8-9-19-11-13(10-18-19)12-6-4-3-5-7-12/h3-7,10-11,14,17H,2,8-9H2,1H3,(H2,16,20). The van der Waals surface area contributed by atoms with E-state index >= 15 is 0 Å². The van der Waals surface area contributed by atoms with Gasteiger partial charge in [-0.2, -0.15) is 5.10 Å². The Morgan fingerprint density at radius 1 is 1.35 bits per heavy atom. The van der Waals surface area contributed by atoms with E-state index in [2.05, 4.69) is 10.4 Å². The normalized spacial score (nSPS) is 12.2. The summed E-state index contributed by atoms with van der Waals surface area (Å²) in [5.41, 5.74) is 7.56. The van der Waals surface area contributed by atoms with E-state index in [9.17, 15) is 4.79 Å². The Balaban J connectivity index is 1.98. The minimum Gasteiger partial charge on any atom is -0.368 e. The molecule has 0 saturated carbocycles. The summed E-state index contributed by atoms with van der Waals surface area (Å²) in [7, 11) is 0. The van der Waals surface area contributed by atoms with Gasteiger partial charge in [-0.1, -0.05) is 37.3 Å². The van der Waals surface area contributed by atoms with Crippen LogP contribution in [-0.4, -0.2) is 28.3 Å². The van der Waals surface area contributed by atoms with Gasteiger partial charge in [0, 0.05) is 18.3 Å². The van der Waals surface area contributed by atoms with E-state index in [1.54, 1.807) is 0 Å². The van der Waals surface area contributed by atoms with Gasteiger partial charge in [0.15, 0.2) is 0 Å². The van der Waals surface area contributed by atoms with E-state index in [1.165, 1.54) is 0 Å². The number of hydrogen-bond donors (Lipinski definition) is 2. The van der Waals surface area contributed by atoms with Crippen LogP contribution in [0.4, 0.5) is 0 Å². The molecule has 0 aliphatic rings. The molecule has 0 aliphatic carbocycles. The van der Waals surface area contributed by atoms with Crippen molar-refractivity contribution in [2.24, 2.45) is 5.73 Å². The maximum Gasteiger partial charge on any atom is 0.234 e. The van der Waals surface area contributed by atoms with Gasteiger partial charge in [-0.15, -0.1) is 0 Å². The molecule has 0 spiro atoms. The number of benzene rings is 1. The molecule has 0 saturated heterocycles. The first kappa shape index (κ1) is 14.3. The molecule has 1 unspecified atom stereocenters. The SMILES string of the molecule is CCNC(CCn1cc(-c2ccccc2)cn1)C(N)=O. The molecule has 0 aliphatic heterocycles. The fraction of sp³-hybridized carbons (Fsp3) is 0.333. The largest absolute Gasteiger partial charge is 0.368 e. The van der Waals surface area contributed by atoms with Crippen molar-refractivity contribution in [3.05, 3.63) is 42.7 Å². The zero-order valence-corrected chi connectivity index (χ0v) is 11.6. The monoisotopic (exact) mass is 272 g/mol. The van der Waals surface area contributed by atoms with Crippen LogP contribution in [0.5, 0.6) is 0 Å². The van der Waals surface area contributed by atoms with Gasteiger partial charge in [0.1, 0.15) is 0 Å². The van der Waals surface area contributed by atoms with Crippen LogP contribution in [0.3, 0.4) is 0 Å². The lowest BCUT2D eigenvalue weighted by atomic mass is 10.1. The number of primary amides is 1. The molecular formula is C15H20N4O. The summed E-state index contributed by atoms with van der Waals surface area (Å²) in [5.74, 6) is -0.317. The number of likely N-dealkylation sites (N-methyl/N-ethyl adjacent to an activating group) is 1. The number of hydrogen-bond acceptors (Lipinski definition) is 3. The van der Waals surface area contributed by atoms with E-state index in [0.717, 1.165) is 17.7 Å². The van der Waals surface area contributed by atoms with E-state index in [4.69, 9.17) is 5.73 Å². The maximum atomic E-state index is 11.3. The highest BCUT2D eigenvalue weighted by molar-refractivity contribution is 5.79. The zero-order valence-electron chi connectivity index (χ0n) is 11.6. The molecule has 2 aromatic rings. The quantitative estimate of drug-likeness (QED) is 0.800. The first-order chi connectivity index (χ1) is 9.70. The van der Waals surface area contributed by atoms with Gasteiger partial charge in [-0.05, 0) is 18.5 Å². The van der Waals surface area contributed by atoms with Crippen LogP contribution < -0.4 is 11.1 Å². The van der Waals surface area contributed by atoms with Crippen LogP contribution in [-0.2, 0) is 11.3 Å². The highest BCUT2D eigenvalue weighted by Crippen LogP contribution is 2.17. The van der Waals surface area contributed by atoms with E-state index < -0.39 is 0 Å². The van der Waals surface area contributed by atoms with Crippen molar-refractivity contribution >= 4 is 5.91 Å². The molecule has 5 nitrogen and oxygen atoms in total. The predicted octanol–water partition coefficient (Wildman–Crippen LogP) is 1.40. The van der Waals surface area contributed by atoms with Gasteiger partial charge >= 0.3 is 0 Å². The van der Waals surface area contributed by atoms with Crippen LogP contribution in [0.15, 0.2) is 42.7 Å². The van der Waals surface area contributed by atoms with Crippen molar-refractivity contribution in [1.82, 2.24) is 15.1 Å². The predicted molar refractivity (Wildman–Crippen MR) is 78.9 cm³/mol. The molecule has 3 N–H and O–H groups in total. The van der Waals surface area contributed by atoms with Crippen LogP contribution in [0, 0.1) is 0 Å². The average Bonchev–Trinajstić information content (AvgIpc) is 2.93. The van der Waals surface area contributed by atoms with Crippen LogP contribution in [0.1, 0.15) is 13.3 Å². The van der Waals surface area contributed by atoms with Crippen molar-refractivity contribution in [3.63, 3.8) is 0 Å². The molecule has 5 heteroatoms. The van der Waals surface area contributed by atoms with Gasteiger partial charge in [0.2, 0.25) is 5.91 Å². The molecule has 106 valence electrons. The topological polar surface area (TPSA) is 72.9 Å². The molecule has 20 heavy (non-hydrogen) atoms. The lowest BCUT2D eigenvalue weighted by Crippen LogP contribution is -2.41. The molecular weight excluding hydrogens is 252 g/mol. The third-order valence-corrected chi connectivity index (χ3v) is 3.18. The van der Waals surface area contributed by atoms with Crippen molar-refractivity contribution in [2.75, 3.05) is 6.54 Å². The second kappa shape index (κ2) is 6.86. The number of aryl methyl sites for hydroxylation is 1. The molecule has 1 aromatic heterocycles.